The van der Waals surface area contributed by atoms with Crippen LogP contribution in [0, 0.1) is 0 Å². The fourth-order valence-corrected chi connectivity index (χ4v) is 4.82. The van der Waals surface area contributed by atoms with Crippen molar-refractivity contribution in [2.75, 3.05) is 7.11 Å². The van der Waals surface area contributed by atoms with E-state index >= 15 is 0 Å². The van der Waals surface area contributed by atoms with Crippen molar-refractivity contribution in [2.24, 2.45) is 0 Å². The van der Waals surface area contributed by atoms with Gasteiger partial charge in [-0.15, -0.1) is 22.7 Å². The Bertz CT molecular complexity index is 1320. The van der Waals surface area contributed by atoms with Gasteiger partial charge in [0.25, 0.3) is 5.56 Å². The fraction of sp³-hybridized carbons (Fsp3) is 0.0556. The van der Waals surface area contributed by atoms with Crippen molar-refractivity contribution in [2.45, 2.75) is 0 Å². The van der Waals surface area contributed by atoms with Crippen molar-refractivity contribution >= 4 is 53.2 Å². The van der Waals surface area contributed by atoms with Gasteiger partial charge in [-0.3, -0.25) is 9.36 Å². The summed E-state index contributed by atoms with van der Waals surface area (Å²) in [5.74, 6) is 0.736. The number of hydrogen-bond acceptors (Lipinski definition) is 6. The molecule has 0 unspecified atom stereocenters. The van der Waals surface area contributed by atoms with Crippen molar-refractivity contribution in [3.63, 3.8) is 0 Å². The van der Waals surface area contributed by atoms with Crippen LogP contribution in [0.2, 0.25) is 0 Å². The Morgan fingerprint density at radius 1 is 1.16 bits per heavy atom. The maximum absolute atomic E-state index is 13.1. The zero-order valence-corrected chi connectivity index (χ0v) is 14.7. The van der Waals surface area contributed by atoms with Gasteiger partial charge in [0, 0.05) is 17.8 Å². The average molecular weight is 365 g/mol. The molecule has 0 N–H and O–H groups in total. The molecule has 0 radical (unpaired) electrons. The van der Waals surface area contributed by atoms with Crippen LogP contribution in [0.25, 0.3) is 36.2 Å². The van der Waals surface area contributed by atoms with Gasteiger partial charge in [0.05, 0.1) is 33.9 Å². The number of fused-ring (bicyclic) bond motifs is 4. The first-order valence-corrected chi connectivity index (χ1v) is 9.26. The second kappa shape index (κ2) is 5.37. The summed E-state index contributed by atoms with van der Waals surface area (Å²) in [4.78, 5) is 22.5. The van der Waals surface area contributed by atoms with E-state index < -0.39 is 0 Å². The van der Waals surface area contributed by atoms with Crippen LogP contribution in [0.5, 0.6) is 5.75 Å². The largest absolute Gasteiger partial charge is 0.496 e. The zero-order chi connectivity index (χ0) is 17.0. The highest BCUT2D eigenvalue weighted by Gasteiger charge is 2.15. The van der Waals surface area contributed by atoms with E-state index in [1.54, 1.807) is 29.2 Å². The van der Waals surface area contributed by atoms with E-state index in [0.717, 1.165) is 37.3 Å². The molecule has 1 aromatic carbocycles. The van der Waals surface area contributed by atoms with E-state index in [1.807, 2.05) is 42.0 Å². The first-order chi connectivity index (χ1) is 12.3. The minimum absolute atomic E-state index is 0.0496. The standard InChI is InChI=1S/C18H11N3O2S2/c1-23-13-4-6-19-17-15(13)11-5-7-21(18(22)16(11)25-17)10-2-3-12-14(8-10)24-9-20-12/h2-9H,1H3. The number of methoxy groups -OCH3 is 1. The van der Waals surface area contributed by atoms with Crippen LogP contribution in [-0.4, -0.2) is 21.6 Å². The minimum atomic E-state index is -0.0496. The Hall–Kier alpha value is -2.77. The second-order valence-electron chi connectivity index (χ2n) is 5.53. The number of nitrogens with zero attached hydrogens (tertiary/aromatic N) is 3. The zero-order valence-electron chi connectivity index (χ0n) is 13.1. The van der Waals surface area contributed by atoms with Gasteiger partial charge in [0.2, 0.25) is 0 Å². The topological polar surface area (TPSA) is 57.0 Å². The average Bonchev–Trinajstić information content (AvgIpc) is 3.25. The fourth-order valence-electron chi connectivity index (χ4n) is 3.03. The van der Waals surface area contributed by atoms with E-state index in [1.165, 1.54) is 11.3 Å². The molecule has 5 aromatic rings. The number of hydrogen-bond donors (Lipinski definition) is 0. The third-order valence-electron chi connectivity index (χ3n) is 4.21. The van der Waals surface area contributed by atoms with Crippen LogP contribution in [0.15, 0.2) is 53.0 Å². The van der Waals surface area contributed by atoms with E-state index in [4.69, 9.17) is 4.74 Å². The lowest BCUT2D eigenvalue weighted by molar-refractivity contribution is 0.420. The van der Waals surface area contributed by atoms with Crippen molar-refractivity contribution < 1.29 is 4.74 Å². The lowest BCUT2D eigenvalue weighted by atomic mass is 10.2. The molecule has 25 heavy (non-hydrogen) atoms. The molecule has 0 saturated carbocycles. The molecule has 122 valence electrons. The molecular formula is C18H11N3O2S2. The molecule has 4 heterocycles. The number of rotatable bonds is 2. The smallest absolute Gasteiger partial charge is 0.273 e. The summed E-state index contributed by atoms with van der Waals surface area (Å²) in [7, 11) is 1.63. The predicted octanol–water partition coefficient (Wildman–Crippen LogP) is 4.22. The van der Waals surface area contributed by atoms with E-state index in [-0.39, 0.29) is 5.56 Å². The summed E-state index contributed by atoms with van der Waals surface area (Å²) in [5, 5.41) is 1.78. The van der Waals surface area contributed by atoms with Crippen LogP contribution in [0.4, 0.5) is 0 Å². The van der Waals surface area contributed by atoms with E-state index in [2.05, 4.69) is 9.97 Å². The van der Waals surface area contributed by atoms with Gasteiger partial charge in [0.15, 0.2) is 0 Å². The maximum Gasteiger partial charge on any atom is 0.273 e. The number of thiophene rings is 1. The van der Waals surface area contributed by atoms with E-state index in [0.29, 0.717) is 4.70 Å². The lowest BCUT2D eigenvalue weighted by Gasteiger charge is -2.06. The summed E-state index contributed by atoms with van der Waals surface area (Å²) in [6, 6.07) is 9.62. The Morgan fingerprint density at radius 3 is 2.96 bits per heavy atom. The quantitative estimate of drug-likeness (QED) is 0.470. The van der Waals surface area contributed by atoms with Gasteiger partial charge in [-0.1, -0.05) is 0 Å². The molecule has 5 nitrogen and oxygen atoms in total. The molecule has 4 aromatic heterocycles. The number of aromatic nitrogens is 3. The molecule has 5 rings (SSSR count). The number of ether oxygens (including phenoxy) is 1. The monoisotopic (exact) mass is 365 g/mol. The molecular weight excluding hydrogens is 354 g/mol. The van der Waals surface area contributed by atoms with Gasteiger partial charge in [-0.2, -0.15) is 0 Å². The summed E-state index contributed by atoms with van der Waals surface area (Å²) in [6.45, 7) is 0. The van der Waals surface area contributed by atoms with E-state index in [9.17, 15) is 4.79 Å². The first kappa shape index (κ1) is 14.6. The summed E-state index contributed by atoms with van der Waals surface area (Å²) >= 11 is 2.96. The Balaban J connectivity index is 1.82. The highest BCUT2D eigenvalue weighted by atomic mass is 32.1. The Labute approximate surface area is 149 Å². The molecule has 0 fully saturated rings. The maximum atomic E-state index is 13.1. The van der Waals surface area contributed by atoms with Crippen LogP contribution in [0.3, 0.4) is 0 Å². The third-order valence-corrected chi connectivity index (χ3v) is 6.10. The van der Waals surface area contributed by atoms with Crippen LogP contribution >= 0.6 is 22.7 Å². The highest BCUT2D eigenvalue weighted by Crippen LogP contribution is 2.36. The molecule has 0 saturated heterocycles. The molecule has 0 aliphatic heterocycles. The van der Waals surface area contributed by atoms with Crippen molar-refractivity contribution in [1.82, 2.24) is 14.5 Å². The number of pyridine rings is 2. The third kappa shape index (κ3) is 2.09. The van der Waals surface area contributed by atoms with Crippen molar-refractivity contribution in [3.8, 4) is 11.4 Å². The minimum Gasteiger partial charge on any atom is -0.496 e. The van der Waals surface area contributed by atoms with Crippen LogP contribution < -0.4 is 10.3 Å². The summed E-state index contributed by atoms with van der Waals surface area (Å²) in [6.07, 6.45) is 3.51. The SMILES string of the molecule is COc1ccnc2sc3c(=O)n(-c4ccc5ncsc5c4)ccc3c12. The van der Waals surface area contributed by atoms with Crippen molar-refractivity contribution in [1.29, 1.82) is 0 Å². The Kier molecular flexibility index (Phi) is 3.13. The van der Waals surface area contributed by atoms with Gasteiger partial charge < -0.3 is 4.74 Å². The molecule has 0 bridgehead atoms. The van der Waals surface area contributed by atoms with Gasteiger partial charge >= 0.3 is 0 Å². The van der Waals surface area contributed by atoms with Crippen molar-refractivity contribution in [3.05, 3.63) is 58.6 Å². The normalized spacial score (nSPS) is 11.6. The number of thiazole rings is 1. The molecule has 7 heteroatoms. The first-order valence-electron chi connectivity index (χ1n) is 7.57. The highest BCUT2D eigenvalue weighted by molar-refractivity contribution is 7.25. The van der Waals surface area contributed by atoms with Crippen LogP contribution in [0.1, 0.15) is 0 Å². The Morgan fingerprint density at radius 2 is 2.08 bits per heavy atom. The predicted molar refractivity (Wildman–Crippen MR) is 102 cm³/mol. The van der Waals surface area contributed by atoms with Crippen LogP contribution in [-0.2, 0) is 0 Å². The van der Waals surface area contributed by atoms with Gasteiger partial charge in [-0.25, -0.2) is 9.97 Å². The molecule has 0 aliphatic carbocycles. The number of benzene rings is 1. The molecule has 0 spiro atoms. The molecule has 0 atom stereocenters. The van der Waals surface area contributed by atoms with Gasteiger partial charge in [-0.05, 0) is 30.3 Å². The molecule has 0 amide bonds. The second-order valence-corrected chi connectivity index (χ2v) is 7.42. The summed E-state index contributed by atoms with van der Waals surface area (Å²) in [5.41, 5.74) is 3.54. The lowest BCUT2D eigenvalue weighted by Crippen LogP contribution is -2.16. The summed E-state index contributed by atoms with van der Waals surface area (Å²) < 4.78 is 8.85. The molecule has 0 aliphatic rings. The van der Waals surface area contributed by atoms with Gasteiger partial charge in [0.1, 0.15) is 15.3 Å².